The molecule has 0 fully saturated rings. The predicted octanol–water partition coefficient (Wildman–Crippen LogP) is 4.36. The van der Waals surface area contributed by atoms with Gasteiger partial charge < -0.3 is 9.47 Å². The lowest BCUT2D eigenvalue weighted by atomic mass is 10.00. The number of benzene rings is 2. The van der Waals surface area contributed by atoms with Crippen molar-refractivity contribution in [3.05, 3.63) is 65.6 Å². The molecule has 1 aliphatic heterocycles. The van der Waals surface area contributed by atoms with E-state index in [9.17, 15) is 8.42 Å². The Labute approximate surface area is 199 Å². The molecule has 0 amide bonds. The van der Waals surface area contributed by atoms with Crippen LogP contribution in [-0.2, 0) is 25.9 Å². The van der Waals surface area contributed by atoms with Crippen LogP contribution in [0.3, 0.4) is 0 Å². The van der Waals surface area contributed by atoms with Crippen LogP contribution in [0.1, 0.15) is 25.0 Å². The van der Waals surface area contributed by atoms with E-state index in [2.05, 4.69) is 9.98 Å². The maximum Gasteiger partial charge on any atom is 0.268 e. The van der Waals surface area contributed by atoms with Crippen molar-refractivity contribution in [3.8, 4) is 0 Å². The normalized spacial score (nSPS) is 18.7. The largest absolute Gasteiger partial charge is 0.483 e. The van der Waals surface area contributed by atoms with E-state index in [1.54, 1.807) is 30.3 Å². The zero-order valence-corrected chi connectivity index (χ0v) is 20.6. The third-order valence-corrected chi connectivity index (χ3v) is 7.64. The number of nitrogens with zero attached hydrogens (tertiary/aromatic N) is 3. The van der Waals surface area contributed by atoms with E-state index in [0.29, 0.717) is 17.4 Å². The molecule has 9 heteroatoms. The van der Waals surface area contributed by atoms with Crippen molar-refractivity contribution in [2.24, 2.45) is 15.9 Å². The highest BCUT2D eigenvalue weighted by molar-refractivity contribution is 7.90. The molecule has 3 aromatic rings. The van der Waals surface area contributed by atoms with Gasteiger partial charge in [0.2, 0.25) is 11.8 Å². The summed E-state index contributed by atoms with van der Waals surface area (Å²) in [6, 6.07) is 10.1. The summed E-state index contributed by atoms with van der Waals surface area (Å²) in [5, 5.41) is 0.230. The molecule has 4 rings (SSSR count). The molecule has 0 unspecified atom stereocenters. The predicted molar refractivity (Wildman–Crippen MR) is 131 cm³/mol. The summed E-state index contributed by atoms with van der Waals surface area (Å²) in [5.74, 6) is 0.507. The molecular weight excluding hydrogens is 457 g/mol. The molecule has 180 valence electrons. The van der Waals surface area contributed by atoms with Crippen LogP contribution < -0.4 is 0 Å². The van der Waals surface area contributed by atoms with E-state index in [4.69, 9.17) is 9.47 Å². The second-order valence-corrected chi connectivity index (χ2v) is 10.5. The molecule has 34 heavy (non-hydrogen) atoms. The average molecular weight is 486 g/mol. The van der Waals surface area contributed by atoms with Crippen LogP contribution in [0.4, 0.5) is 4.39 Å². The lowest BCUT2D eigenvalue weighted by molar-refractivity contribution is 0.333. The maximum absolute atomic E-state index is 15.0. The highest BCUT2D eigenvalue weighted by atomic mass is 32.2. The third-order valence-electron chi connectivity index (χ3n) is 5.95. The minimum Gasteiger partial charge on any atom is -0.483 e. The first-order valence-corrected chi connectivity index (χ1v) is 12.5. The van der Waals surface area contributed by atoms with Crippen LogP contribution in [0.25, 0.3) is 10.9 Å². The van der Waals surface area contributed by atoms with Gasteiger partial charge in [-0.1, -0.05) is 37.6 Å². The van der Waals surface area contributed by atoms with Gasteiger partial charge in [0.25, 0.3) is 10.0 Å². The SMILES string of the molecule is COC1=N[C@H](C(C)C)C(OC)=N[C@H]1Cc1cn(S(=O)(=O)c2ccc(C)cc2)c2cccc(F)c12. The Bertz CT molecular complexity index is 1380. The van der Waals surface area contributed by atoms with Gasteiger partial charge in [0.05, 0.1) is 24.6 Å². The highest BCUT2D eigenvalue weighted by Crippen LogP contribution is 2.30. The Morgan fingerprint density at radius 3 is 2.32 bits per heavy atom. The molecule has 1 aliphatic rings. The maximum atomic E-state index is 15.0. The molecule has 0 saturated carbocycles. The molecule has 7 nitrogen and oxygen atoms in total. The van der Waals surface area contributed by atoms with Crippen molar-refractivity contribution in [2.45, 2.75) is 44.2 Å². The lowest BCUT2D eigenvalue weighted by Gasteiger charge is -2.27. The number of methoxy groups -OCH3 is 2. The van der Waals surface area contributed by atoms with Gasteiger partial charge >= 0.3 is 0 Å². The lowest BCUT2D eigenvalue weighted by Crippen LogP contribution is -2.38. The summed E-state index contributed by atoms with van der Waals surface area (Å²) in [4.78, 5) is 9.47. The first-order valence-electron chi connectivity index (χ1n) is 11.0. The van der Waals surface area contributed by atoms with E-state index >= 15 is 4.39 Å². The summed E-state index contributed by atoms with van der Waals surface area (Å²) in [6.07, 6.45) is 1.66. The van der Waals surface area contributed by atoms with Gasteiger partial charge in [0.1, 0.15) is 17.9 Å². The average Bonchev–Trinajstić information content (AvgIpc) is 3.19. The number of fused-ring (bicyclic) bond motifs is 1. The number of hydrogen-bond donors (Lipinski definition) is 0. The standard InChI is InChI=1S/C25H28FN3O4S/c1-15(2)23-25(33-5)27-20(24(28-23)32-4)13-17-14-29(21-8-6-7-19(26)22(17)21)34(30,31)18-11-9-16(3)10-12-18/h6-12,14-15,20,23H,13H2,1-5H3/t20-,23+/m0/s1. The van der Waals surface area contributed by atoms with Crippen molar-refractivity contribution in [1.29, 1.82) is 0 Å². The van der Waals surface area contributed by atoms with Gasteiger partial charge in [-0.15, -0.1) is 0 Å². The number of halogens is 1. The molecule has 0 radical (unpaired) electrons. The van der Waals surface area contributed by atoms with Crippen LogP contribution in [0.5, 0.6) is 0 Å². The van der Waals surface area contributed by atoms with Gasteiger partial charge in [0, 0.05) is 18.0 Å². The van der Waals surface area contributed by atoms with Crippen molar-refractivity contribution in [1.82, 2.24) is 3.97 Å². The van der Waals surface area contributed by atoms with Crippen molar-refractivity contribution >= 4 is 32.7 Å². The van der Waals surface area contributed by atoms with E-state index in [-0.39, 0.29) is 34.2 Å². The Morgan fingerprint density at radius 2 is 1.71 bits per heavy atom. The topological polar surface area (TPSA) is 82.2 Å². The van der Waals surface area contributed by atoms with Crippen LogP contribution >= 0.6 is 0 Å². The molecule has 0 aliphatic carbocycles. The Hall–Kier alpha value is -3.20. The number of ether oxygens (including phenoxy) is 2. The molecule has 2 atom stereocenters. The van der Waals surface area contributed by atoms with Gasteiger partial charge in [-0.3, -0.25) is 0 Å². The quantitative estimate of drug-likeness (QED) is 0.538. The second kappa shape index (κ2) is 9.21. The van der Waals surface area contributed by atoms with Crippen molar-refractivity contribution in [2.75, 3.05) is 14.2 Å². The third kappa shape index (κ3) is 4.20. The molecule has 2 aromatic carbocycles. The highest BCUT2D eigenvalue weighted by Gasteiger charge is 2.32. The van der Waals surface area contributed by atoms with Gasteiger partial charge in [-0.2, -0.15) is 0 Å². The summed E-state index contributed by atoms with van der Waals surface area (Å²) >= 11 is 0. The molecule has 0 spiro atoms. The van der Waals surface area contributed by atoms with Crippen LogP contribution in [0.15, 0.2) is 63.5 Å². The minimum atomic E-state index is -3.95. The number of aliphatic imine (C=N–C) groups is 2. The summed E-state index contributed by atoms with van der Waals surface area (Å²) < 4.78 is 54.1. The van der Waals surface area contributed by atoms with Gasteiger partial charge in [-0.25, -0.2) is 26.8 Å². The van der Waals surface area contributed by atoms with Gasteiger partial charge in [0.15, 0.2) is 0 Å². The minimum absolute atomic E-state index is 0.127. The van der Waals surface area contributed by atoms with Crippen molar-refractivity contribution in [3.63, 3.8) is 0 Å². The zero-order valence-electron chi connectivity index (χ0n) is 19.8. The van der Waals surface area contributed by atoms with E-state index < -0.39 is 21.9 Å². The monoisotopic (exact) mass is 485 g/mol. The molecule has 0 saturated heterocycles. The van der Waals surface area contributed by atoms with Gasteiger partial charge in [-0.05, 0) is 42.7 Å². The Kier molecular flexibility index (Phi) is 6.49. The van der Waals surface area contributed by atoms with Crippen LogP contribution in [0, 0.1) is 18.7 Å². The molecule has 2 heterocycles. The van der Waals surface area contributed by atoms with Crippen LogP contribution in [0.2, 0.25) is 0 Å². The fraction of sp³-hybridized carbons (Fsp3) is 0.360. The van der Waals surface area contributed by atoms with E-state index in [1.165, 1.54) is 32.5 Å². The fourth-order valence-corrected chi connectivity index (χ4v) is 5.55. The first-order chi connectivity index (χ1) is 16.2. The Balaban J connectivity index is 1.83. The van der Waals surface area contributed by atoms with E-state index in [1.807, 2.05) is 20.8 Å². The molecule has 1 aromatic heterocycles. The van der Waals surface area contributed by atoms with Crippen molar-refractivity contribution < 1.29 is 22.3 Å². The second-order valence-electron chi connectivity index (χ2n) is 8.65. The molecule has 0 N–H and O–H groups in total. The van der Waals surface area contributed by atoms with Crippen LogP contribution in [-0.4, -0.2) is 50.5 Å². The first kappa shape index (κ1) is 23.9. The summed E-state index contributed by atoms with van der Waals surface area (Å²) in [6.45, 7) is 5.90. The fourth-order valence-electron chi connectivity index (χ4n) is 4.17. The zero-order chi connectivity index (χ0) is 24.6. The number of hydrogen-bond acceptors (Lipinski definition) is 6. The summed E-state index contributed by atoms with van der Waals surface area (Å²) in [5.41, 5.74) is 1.69. The summed E-state index contributed by atoms with van der Waals surface area (Å²) in [7, 11) is -0.890. The van der Waals surface area contributed by atoms with E-state index in [0.717, 1.165) is 9.54 Å². The number of rotatable bonds is 5. The smallest absolute Gasteiger partial charge is 0.268 e. The Morgan fingerprint density at radius 1 is 1.03 bits per heavy atom. The number of aryl methyl sites for hydroxylation is 1. The molecule has 0 bridgehead atoms. The molecular formula is C25H28FN3O4S. The number of aromatic nitrogens is 1.